The molecule has 0 aliphatic rings. The number of carbonyl (C=O) groups is 1. The van der Waals surface area contributed by atoms with Crippen LogP contribution >= 0.6 is 12.2 Å². The maximum atomic E-state index is 12.5. The number of nitrogens with two attached hydrogens (primary N) is 1. The van der Waals surface area contributed by atoms with Gasteiger partial charge in [-0.05, 0) is 32.0 Å². The summed E-state index contributed by atoms with van der Waals surface area (Å²) in [6.45, 7) is 4.12. The quantitative estimate of drug-likeness (QED) is 0.868. The van der Waals surface area contributed by atoms with Crippen molar-refractivity contribution < 1.29 is 4.79 Å². The fourth-order valence-corrected chi connectivity index (χ4v) is 2.06. The SMILES string of the molecule is CC(C)N(CC(N)=S)C(=O)c1ccc2nccnc2c1. The first-order valence-corrected chi connectivity index (χ1v) is 6.70. The highest BCUT2D eigenvalue weighted by atomic mass is 32.1. The van der Waals surface area contributed by atoms with Crippen molar-refractivity contribution in [3.05, 3.63) is 36.2 Å². The molecule has 2 N–H and O–H groups in total. The third-order valence-corrected chi connectivity index (χ3v) is 3.06. The molecule has 0 radical (unpaired) electrons. The number of nitrogens with zero attached hydrogens (tertiary/aromatic N) is 3. The third kappa shape index (κ3) is 3.08. The van der Waals surface area contributed by atoms with Crippen LogP contribution in [0.3, 0.4) is 0 Å². The Labute approximate surface area is 122 Å². The van der Waals surface area contributed by atoms with E-state index in [2.05, 4.69) is 9.97 Å². The van der Waals surface area contributed by atoms with E-state index in [4.69, 9.17) is 18.0 Å². The Kier molecular flexibility index (Phi) is 4.24. The summed E-state index contributed by atoms with van der Waals surface area (Å²) in [7, 11) is 0. The van der Waals surface area contributed by atoms with Crippen LogP contribution in [0.25, 0.3) is 11.0 Å². The van der Waals surface area contributed by atoms with Crippen LogP contribution in [0, 0.1) is 0 Å². The first-order chi connectivity index (χ1) is 9.49. The Hall–Kier alpha value is -2.08. The van der Waals surface area contributed by atoms with Gasteiger partial charge in [-0.1, -0.05) is 12.2 Å². The van der Waals surface area contributed by atoms with Gasteiger partial charge in [0, 0.05) is 24.0 Å². The van der Waals surface area contributed by atoms with Crippen LogP contribution in [0.4, 0.5) is 0 Å². The molecule has 0 spiro atoms. The summed E-state index contributed by atoms with van der Waals surface area (Å²) in [5.74, 6) is -0.111. The summed E-state index contributed by atoms with van der Waals surface area (Å²) < 4.78 is 0. The topological polar surface area (TPSA) is 72.1 Å². The molecule has 0 bridgehead atoms. The predicted octanol–water partition coefficient (Wildman–Crippen LogP) is 1.77. The van der Waals surface area contributed by atoms with Crippen molar-refractivity contribution in [2.45, 2.75) is 19.9 Å². The standard InChI is InChI=1S/C14H16N4OS/c1-9(2)18(8-13(15)20)14(19)10-3-4-11-12(7-10)17-6-5-16-11/h3-7,9H,8H2,1-2H3,(H2,15,20). The highest BCUT2D eigenvalue weighted by Gasteiger charge is 2.19. The van der Waals surface area contributed by atoms with E-state index < -0.39 is 0 Å². The molecule has 6 heteroatoms. The van der Waals surface area contributed by atoms with E-state index in [9.17, 15) is 4.79 Å². The van der Waals surface area contributed by atoms with Gasteiger partial charge in [0.2, 0.25) is 0 Å². The van der Waals surface area contributed by atoms with E-state index in [0.717, 1.165) is 5.52 Å². The number of aromatic nitrogens is 2. The Morgan fingerprint density at radius 3 is 2.55 bits per heavy atom. The second kappa shape index (κ2) is 5.92. The molecule has 0 aliphatic carbocycles. The number of carbonyl (C=O) groups excluding carboxylic acids is 1. The molecule has 0 unspecified atom stereocenters. The van der Waals surface area contributed by atoms with E-state index in [1.54, 1.807) is 35.5 Å². The molecular formula is C14H16N4OS. The van der Waals surface area contributed by atoms with E-state index in [1.807, 2.05) is 13.8 Å². The van der Waals surface area contributed by atoms with Crippen molar-refractivity contribution in [3.8, 4) is 0 Å². The molecule has 0 fully saturated rings. The molecular weight excluding hydrogens is 272 g/mol. The molecule has 2 rings (SSSR count). The molecule has 1 heterocycles. The monoisotopic (exact) mass is 288 g/mol. The lowest BCUT2D eigenvalue weighted by atomic mass is 10.1. The van der Waals surface area contributed by atoms with E-state index >= 15 is 0 Å². The summed E-state index contributed by atoms with van der Waals surface area (Å²) in [4.78, 5) is 22.9. The maximum Gasteiger partial charge on any atom is 0.254 e. The number of amides is 1. The van der Waals surface area contributed by atoms with E-state index in [0.29, 0.717) is 16.1 Å². The predicted molar refractivity (Wildman–Crippen MR) is 82.5 cm³/mol. The number of hydrogen-bond acceptors (Lipinski definition) is 4. The number of thiocarbonyl (C=S) groups is 1. The van der Waals surface area contributed by atoms with Gasteiger partial charge in [0.1, 0.15) is 0 Å². The molecule has 1 amide bonds. The molecule has 20 heavy (non-hydrogen) atoms. The summed E-state index contributed by atoms with van der Waals surface area (Å²) in [5.41, 5.74) is 7.56. The van der Waals surface area contributed by atoms with Crippen LogP contribution in [0.15, 0.2) is 30.6 Å². The second-order valence-corrected chi connectivity index (χ2v) is 5.28. The van der Waals surface area contributed by atoms with Gasteiger partial charge in [-0.3, -0.25) is 14.8 Å². The number of hydrogen-bond donors (Lipinski definition) is 1. The molecule has 104 valence electrons. The minimum atomic E-state index is -0.111. The Morgan fingerprint density at radius 1 is 1.30 bits per heavy atom. The van der Waals surface area contributed by atoms with Crippen LogP contribution < -0.4 is 5.73 Å². The van der Waals surface area contributed by atoms with Crippen LogP contribution in [0.1, 0.15) is 24.2 Å². The zero-order valence-electron chi connectivity index (χ0n) is 11.4. The summed E-state index contributed by atoms with van der Waals surface area (Å²) in [5, 5.41) is 0. The molecule has 1 aromatic carbocycles. The fourth-order valence-electron chi connectivity index (χ4n) is 1.92. The molecule has 0 saturated heterocycles. The maximum absolute atomic E-state index is 12.5. The minimum absolute atomic E-state index is 0.0153. The van der Waals surface area contributed by atoms with Gasteiger partial charge in [-0.25, -0.2) is 0 Å². The van der Waals surface area contributed by atoms with Crippen LogP contribution in [-0.4, -0.2) is 38.4 Å². The zero-order valence-corrected chi connectivity index (χ0v) is 12.2. The van der Waals surface area contributed by atoms with Crippen LogP contribution in [-0.2, 0) is 0 Å². The van der Waals surface area contributed by atoms with Gasteiger partial charge in [0.15, 0.2) is 0 Å². The summed E-state index contributed by atoms with van der Waals surface area (Å²) in [6.07, 6.45) is 3.23. The molecule has 0 atom stereocenters. The highest BCUT2D eigenvalue weighted by molar-refractivity contribution is 7.80. The smallest absolute Gasteiger partial charge is 0.254 e. The van der Waals surface area contributed by atoms with Gasteiger partial charge >= 0.3 is 0 Å². The molecule has 0 aliphatic heterocycles. The van der Waals surface area contributed by atoms with Crippen molar-refractivity contribution >= 4 is 34.1 Å². The van der Waals surface area contributed by atoms with Gasteiger partial charge in [0.25, 0.3) is 5.91 Å². The van der Waals surface area contributed by atoms with Crippen molar-refractivity contribution in [2.75, 3.05) is 6.54 Å². The van der Waals surface area contributed by atoms with Gasteiger partial charge < -0.3 is 10.6 Å². The molecule has 1 aromatic heterocycles. The lowest BCUT2D eigenvalue weighted by Crippen LogP contribution is -2.42. The minimum Gasteiger partial charge on any atom is -0.392 e. The molecule has 5 nitrogen and oxygen atoms in total. The Balaban J connectivity index is 2.35. The van der Waals surface area contributed by atoms with Gasteiger partial charge in [0.05, 0.1) is 22.6 Å². The Morgan fingerprint density at radius 2 is 1.95 bits per heavy atom. The van der Waals surface area contributed by atoms with Gasteiger partial charge in [-0.2, -0.15) is 0 Å². The average Bonchev–Trinajstić information content (AvgIpc) is 2.43. The first-order valence-electron chi connectivity index (χ1n) is 6.29. The fraction of sp³-hybridized carbons (Fsp3) is 0.286. The highest BCUT2D eigenvalue weighted by Crippen LogP contribution is 2.14. The third-order valence-electron chi connectivity index (χ3n) is 2.93. The first kappa shape index (κ1) is 14.3. The van der Waals surface area contributed by atoms with Crippen molar-refractivity contribution in [2.24, 2.45) is 5.73 Å². The molecule has 0 saturated carbocycles. The number of fused-ring (bicyclic) bond motifs is 1. The van der Waals surface area contributed by atoms with E-state index in [1.165, 1.54) is 0 Å². The Bertz CT molecular complexity index is 656. The van der Waals surface area contributed by atoms with Crippen LogP contribution in [0.2, 0.25) is 0 Å². The van der Waals surface area contributed by atoms with E-state index in [-0.39, 0.29) is 18.5 Å². The second-order valence-electron chi connectivity index (χ2n) is 4.75. The van der Waals surface area contributed by atoms with Crippen LogP contribution in [0.5, 0.6) is 0 Å². The van der Waals surface area contributed by atoms with Crippen molar-refractivity contribution in [1.29, 1.82) is 0 Å². The summed E-state index contributed by atoms with van der Waals surface area (Å²) >= 11 is 4.90. The lowest BCUT2D eigenvalue weighted by Gasteiger charge is -2.26. The van der Waals surface area contributed by atoms with Crippen molar-refractivity contribution in [1.82, 2.24) is 14.9 Å². The number of rotatable bonds is 4. The number of benzene rings is 1. The lowest BCUT2D eigenvalue weighted by molar-refractivity contribution is 0.0736. The molecule has 2 aromatic rings. The van der Waals surface area contributed by atoms with Crippen molar-refractivity contribution in [3.63, 3.8) is 0 Å². The zero-order chi connectivity index (χ0) is 14.7. The van der Waals surface area contributed by atoms with Gasteiger partial charge in [-0.15, -0.1) is 0 Å². The summed E-state index contributed by atoms with van der Waals surface area (Å²) in [6, 6.07) is 5.28. The average molecular weight is 288 g/mol. The largest absolute Gasteiger partial charge is 0.392 e. The normalized spacial score (nSPS) is 10.8.